The van der Waals surface area contributed by atoms with Crippen molar-refractivity contribution in [2.45, 2.75) is 43.7 Å². The molecule has 1 aromatic heterocycles. The van der Waals surface area contributed by atoms with Crippen molar-refractivity contribution in [1.82, 2.24) is 4.98 Å². The molecule has 7 rings (SSSR count). The molecule has 0 spiro atoms. The van der Waals surface area contributed by atoms with Gasteiger partial charge in [0.05, 0.1) is 5.69 Å². The van der Waals surface area contributed by atoms with Crippen molar-refractivity contribution in [3.8, 4) is 22.4 Å². The van der Waals surface area contributed by atoms with Gasteiger partial charge in [0.15, 0.2) is 0 Å². The van der Waals surface area contributed by atoms with Crippen LogP contribution in [0.2, 0.25) is 0 Å². The third-order valence-corrected chi connectivity index (χ3v) is 9.14. The summed E-state index contributed by atoms with van der Waals surface area (Å²) < 4.78 is 0. The molecule has 0 unspecified atom stereocenters. The zero-order valence-corrected chi connectivity index (χ0v) is 18.9. The second-order valence-corrected chi connectivity index (χ2v) is 11.2. The highest BCUT2D eigenvalue weighted by Crippen LogP contribution is 2.64. The van der Waals surface area contributed by atoms with E-state index >= 15 is 0 Å². The van der Waals surface area contributed by atoms with Gasteiger partial charge < -0.3 is 0 Å². The Kier molecular flexibility index (Phi) is 4.46. The van der Waals surface area contributed by atoms with Crippen molar-refractivity contribution in [3.05, 3.63) is 78.5 Å². The minimum atomic E-state index is 0.247. The fraction of sp³-hybridized carbons (Fsp3) is 0.393. The first-order chi connectivity index (χ1) is 15.0. The maximum Gasteiger partial charge on any atom is 0.105 e. The van der Waals surface area contributed by atoms with E-state index in [1.165, 1.54) is 60.8 Å². The van der Waals surface area contributed by atoms with Crippen molar-refractivity contribution < 1.29 is 0 Å². The number of benzene rings is 2. The molecule has 4 fully saturated rings. The lowest BCUT2D eigenvalue weighted by Crippen LogP contribution is -2.57. The molecule has 4 aliphatic carbocycles. The minimum absolute atomic E-state index is 0.247. The third-order valence-electron chi connectivity index (χ3n) is 9.14. The van der Waals surface area contributed by atoms with E-state index in [4.69, 9.17) is 4.98 Å². The van der Waals surface area contributed by atoms with Crippen LogP contribution in [0, 0.1) is 23.2 Å². The predicted octanol–water partition coefficient (Wildman–Crippen LogP) is 5.05. The molecule has 2 aromatic carbocycles. The normalized spacial score (nSPS) is 29.2. The van der Waals surface area contributed by atoms with E-state index in [1.54, 1.807) is 0 Å². The van der Waals surface area contributed by atoms with Crippen LogP contribution < -0.4 is 0 Å². The largest absolute Gasteiger partial charge is 0.256 e. The van der Waals surface area contributed by atoms with Gasteiger partial charge in [-0.2, -0.15) is 0 Å². The summed E-state index contributed by atoms with van der Waals surface area (Å²) in [7, 11) is 5.07. The van der Waals surface area contributed by atoms with E-state index in [-0.39, 0.29) is 5.21 Å². The quantitative estimate of drug-likeness (QED) is 0.556. The Labute approximate surface area is 188 Å². The molecule has 154 valence electrons. The zero-order chi connectivity index (χ0) is 21.1. The van der Waals surface area contributed by atoms with Gasteiger partial charge >= 0.3 is 0 Å². The topological polar surface area (TPSA) is 12.9 Å². The summed E-state index contributed by atoms with van der Waals surface area (Å²) >= 11 is 0. The lowest BCUT2D eigenvalue weighted by atomic mass is 9.31. The molecular formula is C28H31B2N. The summed E-state index contributed by atoms with van der Waals surface area (Å²) in [5.74, 6) is 3.00. The van der Waals surface area contributed by atoms with Crippen molar-refractivity contribution in [1.29, 1.82) is 0 Å². The average molecular weight is 403 g/mol. The van der Waals surface area contributed by atoms with Crippen LogP contribution in [0.1, 0.15) is 44.1 Å². The van der Waals surface area contributed by atoms with Gasteiger partial charge in [-0.25, -0.2) is 0 Å². The molecule has 3 heteroatoms. The van der Waals surface area contributed by atoms with Crippen LogP contribution in [0.15, 0.2) is 72.9 Å². The molecule has 0 N–H and O–H groups in total. The van der Waals surface area contributed by atoms with Crippen LogP contribution in [-0.4, -0.2) is 20.7 Å². The van der Waals surface area contributed by atoms with Gasteiger partial charge in [-0.1, -0.05) is 71.4 Å². The van der Waals surface area contributed by atoms with Gasteiger partial charge in [0.1, 0.15) is 15.7 Å². The molecule has 1 heterocycles. The number of rotatable bonds is 4. The van der Waals surface area contributed by atoms with Gasteiger partial charge in [-0.05, 0) is 73.3 Å². The summed E-state index contributed by atoms with van der Waals surface area (Å²) in [5.41, 5.74) is 6.69. The highest BCUT2D eigenvalue weighted by atomic mass is 14.7. The van der Waals surface area contributed by atoms with E-state index in [0.29, 0.717) is 5.41 Å². The lowest BCUT2D eigenvalue weighted by molar-refractivity contribution is -0.0635. The average Bonchev–Trinajstić information content (AvgIpc) is 2.79. The van der Waals surface area contributed by atoms with Gasteiger partial charge in [0, 0.05) is 17.3 Å². The lowest BCUT2D eigenvalue weighted by Gasteiger charge is -2.63. The van der Waals surface area contributed by atoms with Crippen LogP contribution in [-0.2, 0) is 5.21 Å². The fourth-order valence-corrected chi connectivity index (χ4v) is 7.61. The number of nitrogens with zero attached hydrogens (tertiary/aromatic N) is 1. The molecule has 0 amide bonds. The molecule has 31 heavy (non-hydrogen) atoms. The van der Waals surface area contributed by atoms with Crippen molar-refractivity contribution >= 4 is 15.7 Å². The number of hydrogen-bond acceptors (Lipinski definition) is 1. The Morgan fingerprint density at radius 2 is 1.26 bits per heavy atom. The first-order valence-electron chi connectivity index (χ1n) is 12.1. The van der Waals surface area contributed by atoms with Crippen LogP contribution in [0.4, 0.5) is 0 Å². The van der Waals surface area contributed by atoms with Gasteiger partial charge in [0.25, 0.3) is 0 Å². The molecule has 4 saturated carbocycles. The van der Waals surface area contributed by atoms with Crippen molar-refractivity contribution in [2.75, 3.05) is 0 Å². The second-order valence-electron chi connectivity index (χ2n) is 11.2. The van der Waals surface area contributed by atoms with E-state index in [9.17, 15) is 0 Å². The summed E-state index contributed by atoms with van der Waals surface area (Å²) in [6, 6.07) is 24.2. The first kappa shape index (κ1) is 19.4. The number of hydrogen-bond donors (Lipinski definition) is 0. The number of pyridine rings is 1. The Hall–Kier alpha value is -2.28. The summed E-state index contributed by atoms with van der Waals surface area (Å²) in [4.78, 5) is 4.72. The minimum Gasteiger partial charge on any atom is -0.256 e. The predicted molar refractivity (Wildman–Crippen MR) is 134 cm³/mol. The van der Waals surface area contributed by atoms with Gasteiger partial charge in [-0.3, -0.25) is 4.98 Å². The van der Waals surface area contributed by atoms with Gasteiger partial charge in [-0.15, -0.1) is 0 Å². The van der Waals surface area contributed by atoms with Crippen molar-refractivity contribution in [2.24, 2.45) is 23.2 Å². The van der Waals surface area contributed by atoms with E-state index in [2.05, 4.69) is 76.4 Å². The van der Waals surface area contributed by atoms with Crippen LogP contribution in [0.5, 0.6) is 0 Å². The molecule has 0 radical (unpaired) electrons. The fourth-order valence-electron chi connectivity index (χ4n) is 7.61. The molecule has 4 bridgehead atoms. The maximum absolute atomic E-state index is 4.72. The smallest absolute Gasteiger partial charge is 0.105 e. The standard InChI is InChI=1S/C28H31B2N/c29-28(30,27-15-19-12-20(16-27)14-21(13-19)17-27)25-9-6-22(7-10-25)24-8-11-26(31-18-24)23-4-2-1-3-5-23/h1-11,18-21H,12-17,29-30H2. The molecule has 0 atom stereocenters. The highest BCUT2D eigenvalue weighted by molar-refractivity contribution is 6.40. The Morgan fingerprint density at radius 3 is 1.81 bits per heavy atom. The summed E-state index contributed by atoms with van der Waals surface area (Å²) in [5, 5.41) is 0.247. The van der Waals surface area contributed by atoms with Crippen LogP contribution in [0.25, 0.3) is 22.4 Å². The first-order valence-corrected chi connectivity index (χ1v) is 12.1. The third kappa shape index (κ3) is 3.20. The maximum atomic E-state index is 4.72. The summed E-state index contributed by atoms with van der Waals surface area (Å²) in [6.07, 6.45) is 10.9. The summed E-state index contributed by atoms with van der Waals surface area (Å²) in [6.45, 7) is 0. The highest BCUT2D eigenvalue weighted by Gasteiger charge is 2.56. The molecule has 0 aliphatic heterocycles. The Balaban J connectivity index is 1.26. The van der Waals surface area contributed by atoms with E-state index in [1.807, 2.05) is 12.3 Å². The molecule has 3 aromatic rings. The molecule has 4 aliphatic rings. The molecule has 1 nitrogen and oxygen atoms in total. The molecular weight excluding hydrogens is 372 g/mol. The van der Waals surface area contributed by atoms with Crippen LogP contribution in [0.3, 0.4) is 0 Å². The van der Waals surface area contributed by atoms with E-state index < -0.39 is 0 Å². The zero-order valence-electron chi connectivity index (χ0n) is 18.9. The number of aromatic nitrogens is 1. The monoisotopic (exact) mass is 403 g/mol. The Bertz CT molecular complexity index is 1030. The molecule has 0 saturated heterocycles. The Morgan fingerprint density at radius 1 is 0.677 bits per heavy atom. The van der Waals surface area contributed by atoms with E-state index in [0.717, 1.165) is 23.4 Å². The van der Waals surface area contributed by atoms with Gasteiger partial charge in [0.2, 0.25) is 0 Å². The second kappa shape index (κ2) is 7.12. The SMILES string of the molecule is BC(B)(c1ccc(-c2ccc(-c3ccccc3)nc2)cc1)C12CC3CC(CC(C3)C1)C2. The van der Waals surface area contributed by atoms with Crippen molar-refractivity contribution in [3.63, 3.8) is 0 Å². The van der Waals surface area contributed by atoms with Crippen LogP contribution >= 0.6 is 0 Å².